The van der Waals surface area contributed by atoms with Gasteiger partial charge in [-0.15, -0.1) is 0 Å². The molecule has 0 rings (SSSR count). The van der Waals surface area contributed by atoms with Crippen LogP contribution in [0.5, 0.6) is 0 Å². The van der Waals surface area contributed by atoms with Gasteiger partial charge in [0.15, 0.2) is 0 Å². The van der Waals surface area contributed by atoms with Gasteiger partial charge in [-0.25, -0.2) is 0 Å². The molecule has 0 radical (unpaired) electrons. The molecular weight excluding hydrogens is 947 g/mol. The first-order chi connectivity index (χ1) is 38.0. The van der Waals surface area contributed by atoms with E-state index in [1.54, 1.807) is 6.08 Å². The summed E-state index contributed by atoms with van der Waals surface area (Å²) in [5, 5.41) is 23.1. The van der Waals surface area contributed by atoms with Gasteiger partial charge in [0.05, 0.1) is 25.4 Å². The number of aliphatic hydroxyl groups excluding tert-OH is 2. The summed E-state index contributed by atoms with van der Waals surface area (Å²) in [5.74, 6) is -0.0370. The molecule has 0 aliphatic heterocycles. The quantitative estimate of drug-likeness (QED) is 0.0320. The molecule has 458 valence electrons. The van der Waals surface area contributed by atoms with Crippen LogP contribution in [-0.4, -0.2) is 47.4 Å². The third kappa shape index (κ3) is 63.6. The van der Waals surface area contributed by atoms with Crippen LogP contribution in [0.25, 0.3) is 0 Å². The van der Waals surface area contributed by atoms with Crippen molar-refractivity contribution in [3.05, 3.63) is 12.2 Å². The van der Waals surface area contributed by atoms with Crippen molar-refractivity contribution in [2.75, 3.05) is 13.2 Å². The van der Waals surface area contributed by atoms with Crippen LogP contribution in [0.15, 0.2) is 12.2 Å². The first kappa shape index (κ1) is 75.6. The van der Waals surface area contributed by atoms with Crippen molar-refractivity contribution in [3.8, 4) is 0 Å². The third-order valence-electron chi connectivity index (χ3n) is 16.8. The highest BCUT2D eigenvalue weighted by molar-refractivity contribution is 5.76. The smallest absolute Gasteiger partial charge is 0.305 e. The number of hydrogen-bond acceptors (Lipinski definition) is 5. The topological polar surface area (TPSA) is 95.9 Å². The van der Waals surface area contributed by atoms with E-state index in [-0.39, 0.29) is 18.5 Å². The zero-order valence-corrected chi connectivity index (χ0v) is 52.5. The largest absolute Gasteiger partial charge is 0.466 e. The number of rotatable bonds is 67. The summed E-state index contributed by atoms with van der Waals surface area (Å²) < 4.78 is 5.51. The van der Waals surface area contributed by atoms with Crippen LogP contribution in [-0.2, 0) is 14.3 Å². The first-order valence-electron chi connectivity index (χ1n) is 35.5. The van der Waals surface area contributed by atoms with Gasteiger partial charge in [0.1, 0.15) is 0 Å². The molecule has 0 heterocycles. The minimum Gasteiger partial charge on any atom is -0.466 e. The molecule has 2 unspecified atom stereocenters. The molecule has 6 nitrogen and oxygen atoms in total. The molecule has 0 bridgehead atoms. The summed E-state index contributed by atoms with van der Waals surface area (Å²) in [7, 11) is 0. The van der Waals surface area contributed by atoms with E-state index >= 15 is 0 Å². The lowest BCUT2D eigenvalue weighted by Gasteiger charge is -2.20. The number of unbranched alkanes of at least 4 members (excludes halogenated alkanes) is 56. The summed E-state index contributed by atoms with van der Waals surface area (Å²) in [5.41, 5.74) is 0. The second-order valence-electron chi connectivity index (χ2n) is 24.6. The summed E-state index contributed by atoms with van der Waals surface area (Å²) >= 11 is 0. The molecule has 0 saturated carbocycles. The van der Waals surface area contributed by atoms with E-state index in [2.05, 4.69) is 19.2 Å². The predicted octanol–water partition coefficient (Wildman–Crippen LogP) is 22.8. The number of hydrogen-bond donors (Lipinski definition) is 3. The Morgan fingerprint density at radius 1 is 0.351 bits per heavy atom. The lowest BCUT2D eigenvalue weighted by molar-refractivity contribution is -0.143. The summed E-state index contributed by atoms with van der Waals surface area (Å²) in [6, 6.07) is -0.623. The van der Waals surface area contributed by atoms with Gasteiger partial charge >= 0.3 is 5.97 Å². The highest BCUT2D eigenvalue weighted by atomic mass is 16.5. The van der Waals surface area contributed by atoms with E-state index in [0.717, 1.165) is 38.5 Å². The average molecular weight is 1090 g/mol. The third-order valence-corrected chi connectivity index (χ3v) is 16.8. The molecule has 0 aliphatic rings. The van der Waals surface area contributed by atoms with Gasteiger partial charge in [0.25, 0.3) is 0 Å². The van der Waals surface area contributed by atoms with Crippen LogP contribution in [0.3, 0.4) is 0 Å². The second-order valence-corrected chi connectivity index (χ2v) is 24.6. The van der Waals surface area contributed by atoms with Gasteiger partial charge in [-0.3, -0.25) is 9.59 Å². The highest BCUT2D eigenvalue weighted by Gasteiger charge is 2.18. The zero-order chi connectivity index (χ0) is 55.7. The minimum atomic E-state index is -0.840. The number of ether oxygens (including phenoxy) is 1. The maximum atomic E-state index is 12.5. The van der Waals surface area contributed by atoms with Crippen LogP contribution in [0.1, 0.15) is 406 Å². The number of nitrogens with one attached hydrogen (secondary N) is 1. The van der Waals surface area contributed by atoms with Crippen molar-refractivity contribution in [2.24, 2.45) is 0 Å². The van der Waals surface area contributed by atoms with Crippen LogP contribution >= 0.6 is 0 Å². The monoisotopic (exact) mass is 1090 g/mol. The van der Waals surface area contributed by atoms with Crippen molar-refractivity contribution in [1.82, 2.24) is 5.32 Å². The molecule has 2 atom stereocenters. The molecule has 0 saturated heterocycles. The Balaban J connectivity index is 3.31. The first-order valence-corrected chi connectivity index (χ1v) is 35.5. The predicted molar refractivity (Wildman–Crippen MR) is 338 cm³/mol. The van der Waals surface area contributed by atoms with E-state index in [9.17, 15) is 19.8 Å². The zero-order valence-electron chi connectivity index (χ0n) is 52.5. The number of esters is 1. The van der Waals surface area contributed by atoms with Gasteiger partial charge in [-0.1, -0.05) is 373 Å². The Hall–Kier alpha value is -1.40. The molecule has 6 heteroatoms. The van der Waals surface area contributed by atoms with Crippen molar-refractivity contribution in [3.63, 3.8) is 0 Å². The van der Waals surface area contributed by atoms with E-state index in [1.807, 2.05) is 6.08 Å². The van der Waals surface area contributed by atoms with Crippen molar-refractivity contribution < 1.29 is 24.5 Å². The number of carbonyl (C=O) groups excluding carboxylic acids is 2. The summed E-state index contributed by atoms with van der Waals surface area (Å²) in [6.07, 6.45) is 83.0. The Kier molecular flexibility index (Phi) is 65.9. The van der Waals surface area contributed by atoms with Crippen LogP contribution < -0.4 is 5.32 Å². The fourth-order valence-electron chi connectivity index (χ4n) is 11.4. The summed E-state index contributed by atoms with van der Waals surface area (Å²) in [4.78, 5) is 24.6. The van der Waals surface area contributed by atoms with Crippen molar-refractivity contribution in [1.29, 1.82) is 0 Å². The average Bonchev–Trinajstić information content (AvgIpc) is 3.43. The van der Waals surface area contributed by atoms with Gasteiger partial charge in [0, 0.05) is 12.8 Å². The number of amides is 1. The van der Waals surface area contributed by atoms with E-state index < -0.39 is 12.1 Å². The standard InChI is InChI=1S/C71H139NO5/c1-3-5-7-9-11-13-15-17-18-37-41-45-49-53-57-61-65-71(76)77-66-62-58-54-50-46-42-38-35-33-31-29-27-25-23-21-19-20-22-24-26-28-30-32-34-36-40-44-48-52-56-60-64-70(75)72-68(67-73)69(74)63-59-55-51-47-43-39-16-14-12-10-8-6-4-2/h59,63,68-69,73-74H,3-58,60-62,64-67H2,1-2H3,(H,72,75)/b63-59+. The van der Waals surface area contributed by atoms with E-state index in [0.29, 0.717) is 19.4 Å². The molecule has 3 N–H and O–H groups in total. The Morgan fingerprint density at radius 3 is 0.883 bits per heavy atom. The molecule has 0 aromatic heterocycles. The lowest BCUT2D eigenvalue weighted by atomic mass is 10.0. The SMILES string of the molecule is CCCCCCCCCCCCC/C=C/C(O)C(CO)NC(=O)CCCCCCCCCCCCCCCCCCCCCCCCCCCCCCCCCOC(=O)CCCCCCCCCCCCCCCCCC. The number of aliphatic hydroxyl groups is 2. The lowest BCUT2D eigenvalue weighted by Crippen LogP contribution is -2.45. The molecular formula is C71H139NO5. The molecule has 0 aromatic carbocycles. The molecule has 0 spiro atoms. The fraction of sp³-hybridized carbons (Fsp3) is 0.944. The Bertz CT molecular complexity index is 1160. The van der Waals surface area contributed by atoms with Gasteiger partial charge in [-0.2, -0.15) is 0 Å². The van der Waals surface area contributed by atoms with Gasteiger partial charge in [0.2, 0.25) is 5.91 Å². The molecule has 0 fully saturated rings. The normalized spacial score (nSPS) is 12.5. The second kappa shape index (κ2) is 67.1. The van der Waals surface area contributed by atoms with E-state index in [1.165, 1.54) is 340 Å². The van der Waals surface area contributed by atoms with Crippen molar-refractivity contribution >= 4 is 11.9 Å². The van der Waals surface area contributed by atoms with Crippen LogP contribution in [0, 0.1) is 0 Å². The highest BCUT2D eigenvalue weighted by Crippen LogP contribution is 2.19. The fourth-order valence-corrected chi connectivity index (χ4v) is 11.4. The Labute approximate surface area is 482 Å². The maximum Gasteiger partial charge on any atom is 0.305 e. The molecule has 0 aliphatic carbocycles. The number of allylic oxidation sites excluding steroid dienone is 1. The van der Waals surface area contributed by atoms with Crippen LogP contribution in [0.2, 0.25) is 0 Å². The minimum absolute atomic E-state index is 0.0247. The van der Waals surface area contributed by atoms with Gasteiger partial charge < -0.3 is 20.3 Å². The van der Waals surface area contributed by atoms with E-state index in [4.69, 9.17) is 4.74 Å². The molecule has 77 heavy (non-hydrogen) atoms. The maximum absolute atomic E-state index is 12.5. The molecule has 0 aromatic rings. The Morgan fingerprint density at radius 2 is 0.597 bits per heavy atom. The van der Waals surface area contributed by atoms with Crippen LogP contribution in [0.4, 0.5) is 0 Å². The number of carbonyl (C=O) groups is 2. The summed E-state index contributed by atoms with van der Waals surface area (Å²) in [6.45, 7) is 4.94. The van der Waals surface area contributed by atoms with Gasteiger partial charge in [-0.05, 0) is 32.1 Å². The van der Waals surface area contributed by atoms with Crippen molar-refractivity contribution in [2.45, 2.75) is 418 Å². The molecule has 1 amide bonds.